The zero-order valence-electron chi connectivity index (χ0n) is 17.0. The van der Waals surface area contributed by atoms with Gasteiger partial charge in [0, 0.05) is 24.7 Å². The van der Waals surface area contributed by atoms with Crippen molar-refractivity contribution >= 4 is 39.8 Å². The number of hydrogen-bond acceptors (Lipinski definition) is 5. The van der Waals surface area contributed by atoms with Crippen LogP contribution in [0.4, 0.5) is 0 Å². The number of methoxy groups -OCH3 is 2. The van der Waals surface area contributed by atoms with Gasteiger partial charge in [-0.2, -0.15) is 0 Å². The molecule has 0 spiro atoms. The molecule has 0 bridgehead atoms. The maximum absolute atomic E-state index is 12.2. The standard InChI is InChI=1S/C18H31N3O4S.HI/c1-7-19-17(20-10-11-26(22,23)18(2,3)4)21-13-14-8-9-15(24-5)12-16(14)25-6;/h8-9,12H,7,10-11,13H2,1-6H3,(H2,19,20,21);1H. The van der Waals surface area contributed by atoms with Gasteiger partial charge in [-0.1, -0.05) is 0 Å². The van der Waals surface area contributed by atoms with Crippen LogP contribution >= 0.6 is 24.0 Å². The lowest BCUT2D eigenvalue weighted by atomic mass is 10.2. The normalized spacial score (nSPS) is 12.1. The maximum atomic E-state index is 12.2. The number of hydrogen-bond donors (Lipinski definition) is 2. The molecule has 0 heterocycles. The first-order valence-electron chi connectivity index (χ1n) is 8.60. The summed E-state index contributed by atoms with van der Waals surface area (Å²) in [6, 6.07) is 5.56. The molecule has 0 unspecified atom stereocenters. The van der Waals surface area contributed by atoms with Gasteiger partial charge in [0.05, 0.1) is 31.3 Å². The van der Waals surface area contributed by atoms with Crippen LogP contribution < -0.4 is 20.1 Å². The third-order valence-corrected chi connectivity index (χ3v) is 6.45. The highest BCUT2D eigenvalue weighted by molar-refractivity contribution is 14.0. The van der Waals surface area contributed by atoms with Crippen molar-refractivity contribution in [2.75, 3.05) is 33.1 Å². The third-order valence-electron chi connectivity index (χ3n) is 3.84. The average molecular weight is 513 g/mol. The molecule has 156 valence electrons. The van der Waals surface area contributed by atoms with Gasteiger partial charge >= 0.3 is 0 Å². The zero-order chi connectivity index (χ0) is 19.8. The lowest BCUT2D eigenvalue weighted by Crippen LogP contribution is -2.41. The Labute approximate surface area is 180 Å². The first-order chi connectivity index (χ1) is 12.1. The van der Waals surface area contributed by atoms with Crippen LogP contribution in [0, 0.1) is 0 Å². The van der Waals surface area contributed by atoms with Gasteiger partial charge in [0.2, 0.25) is 0 Å². The van der Waals surface area contributed by atoms with E-state index in [4.69, 9.17) is 9.47 Å². The van der Waals surface area contributed by atoms with Gasteiger partial charge < -0.3 is 20.1 Å². The van der Waals surface area contributed by atoms with E-state index in [2.05, 4.69) is 15.6 Å². The van der Waals surface area contributed by atoms with Crippen LogP contribution in [0.25, 0.3) is 0 Å². The number of nitrogens with zero attached hydrogens (tertiary/aromatic N) is 1. The van der Waals surface area contributed by atoms with E-state index < -0.39 is 14.6 Å². The highest BCUT2D eigenvalue weighted by Gasteiger charge is 2.28. The van der Waals surface area contributed by atoms with Crippen LogP contribution in [0.5, 0.6) is 11.5 Å². The number of ether oxygens (including phenoxy) is 2. The minimum Gasteiger partial charge on any atom is -0.497 e. The lowest BCUT2D eigenvalue weighted by Gasteiger charge is -2.19. The zero-order valence-corrected chi connectivity index (χ0v) is 20.1. The van der Waals surface area contributed by atoms with E-state index in [-0.39, 0.29) is 29.7 Å². The molecular formula is C18H32IN3O4S. The Kier molecular flexibility index (Phi) is 11.0. The van der Waals surface area contributed by atoms with Crippen molar-refractivity contribution in [3.8, 4) is 11.5 Å². The number of aliphatic imine (C=N–C) groups is 1. The molecule has 0 aliphatic heterocycles. The summed E-state index contributed by atoms with van der Waals surface area (Å²) in [5, 5.41) is 6.19. The summed E-state index contributed by atoms with van der Waals surface area (Å²) in [6.45, 7) is 8.45. The molecule has 27 heavy (non-hydrogen) atoms. The fraction of sp³-hybridized carbons (Fsp3) is 0.611. The van der Waals surface area contributed by atoms with E-state index in [1.54, 1.807) is 41.1 Å². The summed E-state index contributed by atoms with van der Waals surface area (Å²) < 4.78 is 34.2. The van der Waals surface area contributed by atoms with Gasteiger partial charge in [-0.3, -0.25) is 0 Å². The van der Waals surface area contributed by atoms with Crippen molar-refractivity contribution in [2.24, 2.45) is 4.99 Å². The quantitative estimate of drug-likeness (QED) is 0.316. The van der Waals surface area contributed by atoms with E-state index in [9.17, 15) is 8.42 Å². The predicted molar refractivity (Wildman–Crippen MR) is 121 cm³/mol. The number of halogens is 1. The van der Waals surface area contributed by atoms with Gasteiger partial charge in [0.25, 0.3) is 0 Å². The molecule has 2 N–H and O–H groups in total. The molecule has 0 atom stereocenters. The first-order valence-corrected chi connectivity index (χ1v) is 10.2. The topological polar surface area (TPSA) is 89.0 Å². The first kappa shape index (κ1) is 25.8. The number of rotatable bonds is 8. The van der Waals surface area contributed by atoms with E-state index in [1.807, 2.05) is 19.1 Å². The Balaban J connectivity index is 0.00000676. The van der Waals surface area contributed by atoms with Gasteiger partial charge in [-0.25, -0.2) is 13.4 Å². The fourth-order valence-electron chi connectivity index (χ4n) is 2.10. The minimum absolute atomic E-state index is 0. The Morgan fingerprint density at radius 3 is 2.33 bits per heavy atom. The van der Waals surface area contributed by atoms with Crippen molar-refractivity contribution in [3.63, 3.8) is 0 Å². The molecule has 0 amide bonds. The molecule has 7 nitrogen and oxygen atoms in total. The van der Waals surface area contributed by atoms with E-state index in [0.29, 0.717) is 37.1 Å². The monoisotopic (exact) mass is 513 g/mol. The van der Waals surface area contributed by atoms with Crippen molar-refractivity contribution < 1.29 is 17.9 Å². The van der Waals surface area contributed by atoms with E-state index >= 15 is 0 Å². The molecule has 0 radical (unpaired) electrons. The van der Waals surface area contributed by atoms with Crippen LogP contribution in [-0.2, 0) is 16.4 Å². The Bertz CT molecular complexity index is 716. The molecule has 1 aromatic rings. The lowest BCUT2D eigenvalue weighted by molar-refractivity contribution is 0.391. The second-order valence-electron chi connectivity index (χ2n) is 6.73. The van der Waals surface area contributed by atoms with Gasteiger partial charge in [-0.05, 0) is 39.8 Å². The molecule has 0 saturated heterocycles. The Morgan fingerprint density at radius 2 is 1.81 bits per heavy atom. The Hall–Kier alpha value is -1.23. The van der Waals surface area contributed by atoms with Crippen molar-refractivity contribution in [3.05, 3.63) is 23.8 Å². The second-order valence-corrected chi connectivity index (χ2v) is 9.59. The smallest absolute Gasteiger partial charge is 0.191 e. The largest absolute Gasteiger partial charge is 0.497 e. The Morgan fingerprint density at radius 1 is 1.15 bits per heavy atom. The molecule has 0 aliphatic rings. The molecule has 1 aromatic carbocycles. The van der Waals surface area contributed by atoms with Crippen LogP contribution in [0.2, 0.25) is 0 Å². The summed E-state index contributed by atoms with van der Waals surface area (Å²) in [5.74, 6) is 2.02. The number of nitrogens with one attached hydrogen (secondary N) is 2. The van der Waals surface area contributed by atoms with Crippen LogP contribution in [0.1, 0.15) is 33.3 Å². The number of guanidine groups is 1. The summed E-state index contributed by atoms with van der Waals surface area (Å²) in [6.07, 6.45) is 0. The molecule has 0 fully saturated rings. The number of benzene rings is 1. The van der Waals surface area contributed by atoms with Crippen molar-refractivity contribution in [2.45, 2.75) is 39.0 Å². The second kappa shape index (κ2) is 11.6. The molecule has 0 aromatic heterocycles. The highest BCUT2D eigenvalue weighted by Crippen LogP contribution is 2.25. The summed E-state index contributed by atoms with van der Waals surface area (Å²) in [4.78, 5) is 4.51. The average Bonchev–Trinajstić information content (AvgIpc) is 2.58. The summed E-state index contributed by atoms with van der Waals surface area (Å²) in [5.41, 5.74) is 0.910. The molecule has 9 heteroatoms. The maximum Gasteiger partial charge on any atom is 0.191 e. The molecule has 0 aliphatic carbocycles. The minimum atomic E-state index is -3.17. The van der Waals surface area contributed by atoms with Gasteiger partial charge in [-0.15, -0.1) is 24.0 Å². The van der Waals surface area contributed by atoms with Crippen molar-refractivity contribution in [1.29, 1.82) is 0 Å². The van der Waals surface area contributed by atoms with Crippen molar-refractivity contribution in [1.82, 2.24) is 10.6 Å². The van der Waals surface area contributed by atoms with E-state index in [0.717, 1.165) is 5.56 Å². The third kappa shape index (κ3) is 8.12. The highest BCUT2D eigenvalue weighted by atomic mass is 127. The summed E-state index contributed by atoms with van der Waals surface area (Å²) in [7, 11) is 0.0296. The van der Waals surface area contributed by atoms with Gasteiger partial charge in [0.15, 0.2) is 15.8 Å². The van der Waals surface area contributed by atoms with Crippen LogP contribution in [0.15, 0.2) is 23.2 Å². The predicted octanol–water partition coefficient (Wildman–Crippen LogP) is 2.59. The van der Waals surface area contributed by atoms with Crippen LogP contribution in [0.3, 0.4) is 0 Å². The molecule has 0 saturated carbocycles. The van der Waals surface area contributed by atoms with Crippen LogP contribution in [-0.4, -0.2) is 52.2 Å². The van der Waals surface area contributed by atoms with E-state index in [1.165, 1.54) is 0 Å². The fourth-order valence-corrected chi connectivity index (χ4v) is 3.08. The SMILES string of the molecule is CCNC(=NCc1ccc(OC)cc1OC)NCCS(=O)(=O)C(C)(C)C.I. The van der Waals surface area contributed by atoms with Gasteiger partial charge in [0.1, 0.15) is 11.5 Å². The number of sulfone groups is 1. The summed E-state index contributed by atoms with van der Waals surface area (Å²) >= 11 is 0. The molecule has 1 rings (SSSR count). The molecular weight excluding hydrogens is 481 g/mol.